The molecular formula is C18H18Cl3N3O3. The van der Waals surface area contributed by atoms with E-state index in [4.69, 9.17) is 39.5 Å². The highest BCUT2D eigenvalue weighted by atomic mass is 35.5. The first-order valence-corrected chi connectivity index (χ1v) is 9.06. The lowest BCUT2D eigenvalue weighted by molar-refractivity contribution is -0.142. The minimum atomic E-state index is -0.896. The fourth-order valence-corrected chi connectivity index (χ4v) is 2.98. The zero-order valence-corrected chi connectivity index (χ0v) is 17.0. The summed E-state index contributed by atoms with van der Waals surface area (Å²) in [6.07, 6.45) is 1.61. The first kappa shape index (κ1) is 21.4. The monoisotopic (exact) mass is 429 g/mol. The summed E-state index contributed by atoms with van der Waals surface area (Å²) in [6.45, 7) is 1.67. The molecule has 1 amide bonds. The van der Waals surface area contributed by atoms with Gasteiger partial charge in [0.25, 0.3) is 0 Å². The highest BCUT2D eigenvalue weighted by molar-refractivity contribution is 6.44. The Kier molecular flexibility index (Phi) is 7.44. The molecule has 2 aromatic rings. The van der Waals surface area contributed by atoms with Crippen LogP contribution in [0.25, 0.3) is 0 Å². The number of hydrogen-bond donors (Lipinski definition) is 2. The second-order valence-corrected chi connectivity index (χ2v) is 7.17. The number of methoxy groups -OCH3 is 1. The second kappa shape index (κ2) is 9.37. The van der Waals surface area contributed by atoms with Crippen molar-refractivity contribution in [3.63, 3.8) is 0 Å². The summed E-state index contributed by atoms with van der Waals surface area (Å²) in [4.78, 5) is 28.4. The standard InChI is InChI=1S/C18H18Cl3N3O3/c1-18(9-17(26)27-2,15-5-3-4-6-22-15)23-10-16(25)24-14-8-12(20)11(19)7-13(14)21/h3-8,23H,9-10H2,1-2H3,(H,24,25)/t18-/m1/s1. The molecule has 0 fully saturated rings. The Morgan fingerprint density at radius 2 is 1.85 bits per heavy atom. The van der Waals surface area contributed by atoms with E-state index in [9.17, 15) is 9.59 Å². The van der Waals surface area contributed by atoms with Gasteiger partial charge < -0.3 is 10.1 Å². The molecule has 0 aliphatic heterocycles. The molecule has 0 bridgehead atoms. The molecule has 0 saturated heterocycles. The number of anilines is 1. The van der Waals surface area contributed by atoms with Gasteiger partial charge in [-0.25, -0.2) is 0 Å². The maximum absolute atomic E-state index is 12.3. The van der Waals surface area contributed by atoms with Crippen molar-refractivity contribution >= 4 is 52.4 Å². The lowest BCUT2D eigenvalue weighted by Crippen LogP contribution is -2.45. The first-order chi connectivity index (χ1) is 12.7. The minimum absolute atomic E-state index is 0.00131. The van der Waals surface area contributed by atoms with E-state index in [0.29, 0.717) is 16.4 Å². The van der Waals surface area contributed by atoms with Gasteiger partial charge >= 0.3 is 5.97 Å². The number of amides is 1. The average Bonchev–Trinajstić information content (AvgIpc) is 2.65. The Morgan fingerprint density at radius 1 is 1.15 bits per heavy atom. The van der Waals surface area contributed by atoms with Gasteiger partial charge in [-0.3, -0.25) is 19.9 Å². The SMILES string of the molecule is COC(=O)C[C@@](C)(NCC(=O)Nc1cc(Cl)c(Cl)cc1Cl)c1ccccn1. The largest absolute Gasteiger partial charge is 0.469 e. The summed E-state index contributed by atoms with van der Waals surface area (Å²) in [7, 11) is 1.31. The van der Waals surface area contributed by atoms with Crippen molar-refractivity contribution in [2.45, 2.75) is 18.9 Å². The van der Waals surface area contributed by atoms with Gasteiger partial charge in [-0.15, -0.1) is 0 Å². The lowest BCUT2D eigenvalue weighted by Gasteiger charge is -2.29. The number of carbonyl (C=O) groups is 2. The summed E-state index contributed by atoms with van der Waals surface area (Å²) >= 11 is 17.9. The maximum Gasteiger partial charge on any atom is 0.307 e. The van der Waals surface area contributed by atoms with Crippen LogP contribution in [0.2, 0.25) is 15.1 Å². The fraction of sp³-hybridized carbons (Fsp3) is 0.278. The molecule has 2 rings (SSSR count). The number of rotatable bonds is 7. The van der Waals surface area contributed by atoms with Crippen LogP contribution in [0, 0.1) is 0 Å². The molecule has 1 heterocycles. The fourth-order valence-electron chi connectivity index (χ4n) is 2.38. The molecule has 0 spiro atoms. The third-order valence-electron chi connectivity index (χ3n) is 3.88. The zero-order valence-electron chi connectivity index (χ0n) is 14.7. The van der Waals surface area contributed by atoms with Gasteiger partial charge in [-0.1, -0.05) is 40.9 Å². The molecular weight excluding hydrogens is 413 g/mol. The molecule has 27 heavy (non-hydrogen) atoms. The van der Waals surface area contributed by atoms with E-state index in [-0.39, 0.29) is 28.9 Å². The van der Waals surface area contributed by atoms with Crippen molar-refractivity contribution in [2.24, 2.45) is 0 Å². The topological polar surface area (TPSA) is 80.3 Å². The minimum Gasteiger partial charge on any atom is -0.469 e. The van der Waals surface area contributed by atoms with Gasteiger partial charge in [0.05, 0.1) is 52.1 Å². The molecule has 1 atom stereocenters. The van der Waals surface area contributed by atoms with Crippen LogP contribution in [0.15, 0.2) is 36.5 Å². The van der Waals surface area contributed by atoms with Crippen molar-refractivity contribution in [3.05, 3.63) is 57.3 Å². The first-order valence-electron chi connectivity index (χ1n) is 7.93. The summed E-state index contributed by atoms with van der Waals surface area (Å²) < 4.78 is 4.76. The van der Waals surface area contributed by atoms with Crippen LogP contribution in [-0.4, -0.2) is 30.5 Å². The number of nitrogens with one attached hydrogen (secondary N) is 2. The number of halogens is 3. The Balaban J connectivity index is 2.11. The van der Waals surface area contributed by atoms with E-state index in [0.717, 1.165) is 0 Å². The third kappa shape index (κ3) is 5.81. The van der Waals surface area contributed by atoms with Crippen molar-refractivity contribution in [1.29, 1.82) is 0 Å². The van der Waals surface area contributed by atoms with E-state index in [1.54, 1.807) is 31.3 Å². The Bertz CT molecular complexity index is 833. The van der Waals surface area contributed by atoms with E-state index in [1.165, 1.54) is 19.2 Å². The van der Waals surface area contributed by atoms with Gasteiger partial charge in [-0.05, 0) is 31.2 Å². The average molecular weight is 431 g/mol. The molecule has 9 heteroatoms. The molecule has 0 saturated carbocycles. The number of carbonyl (C=O) groups excluding carboxylic acids is 2. The van der Waals surface area contributed by atoms with Crippen molar-refractivity contribution in [3.8, 4) is 0 Å². The summed E-state index contributed by atoms with van der Waals surface area (Å²) in [5, 5.41) is 6.55. The number of ether oxygens (including phenoxy) is 1. The number of hydrogen-bond acceptors (Lipinski definition) is 5. The van der Waals surface area contributed by atoms with Gasteiger partial charge in [0, 0.05) is 6.20 Å². The highest BCUT2D eigenvalue weighted by Gasteiger charge is 2.31. The van der Waals surface area contributed by atoms with Gasteiger partial charge in [-0.2, -0.15) is 0 Å². The van der Waals surface area contributed by atoms with E-state index in [1.807, 2.05) is 0 Å². The Labute approximate surface area is 172 Å². The van der Waals surface area contributed by atoms with Crippen LogP contribution in [0.4, 0.5) is 5.69 Å². The molecule has 1 aromatic carbocycles. The molecule has 0 aliphatic carbocycles. The maximum atomic E-state index is 12.3. The highest BCUT2D eigenvalue weighted by Crippen LogP contribution is 2.32. The molecule has 144 valence electrons. The van der Waals surface area contributed by atoms with E-state index in [2.05, 4.69) is 15.6 Å². The van der Waals surface area contributed by atoms with Crippen LogP contribution in [-0.2, 0) is 19.9 Å². The molecule has 0 unspecified atom stereocenters. The lowest BCUT2D eigenvalue weighted by atomic mass is 9.92. The summed E-state index contributed by atoms with van der Waals surface area (Å²) in [5.41, 5.74) is 0.0498. The zero-order chi connectivity index (χ0) is 20.0. The van der Waals surface area contributed by atoms with Crippen LogP contribution in [0.1, 0.15) is 19.0 Å². The van der Waals surface area contributed by atoms with Crippen LogP contribution < -0.4 is 10.6 Å². The number of esters is 1. The normalized spacial score (nSPS) is 12.9. The smallest absolute Gasteiger partial charge is 0.307 e. The Morgan fingerprint density at radius 3 is 2.48 bits per heavy atom. The van der Waals surface area contributed by atoms with E-state index >= 15 is 0 Å². The molecule has 6 nitrogen and oxygen atoms in total. The molecule has 0 aliphatic rings. The van der Waals surface area contributed by atoms with Gasteiger partial charge in [0.15, 0.2) is 0 Å². The van der Waals surface area contributed by atoms with Crippen molar-refractivity contribution in [2.75, 3.05) is 19.0 Å². The van der Waals surface area contributed by atoms with Crippen molar-refractivity contribution in [1.82, 2.24) is 10.3 Å². The van der Waals surface area contributed by atoms with Crippen LogP contribution in [0.5, 0.6) is 0 Å². The predicted molar refractivity (Wildman–Crippen MR) is 106 cm³/mol. The number of nitrogens with zero attached hydrogens (tertiary/aromatic N) is 1. The van der Waals surface area contributed by atoms with Crippen LogP contribution in [0.3, 0.4) is 0 Å². The van der Waals surface area contributed by atoms with Gasteiger partial charge in [0.2, 0.25) is 5.91 Å². The molecule has 1 aromatic heterocycles. The third-order valence-corrected chi connectivity index (χ3v) is 4.91. The second-order valence-electron chi connectivity index (χ2n) is 5.95. The summed E-state index contributed by atoms with van der Waals surface area (Å²) in [5.74, 6) is -0.800. The van der Waals surface area contributed by atoms with E-state index < -0.39 is 11.5 Å². The number of pyridine rings is 1. The molecule has 0 radical (unpaired) electrons. The molecule has 2 N–H and O–H groups in total. The summed E-state index contributed by atoms with van der Waals surface area (Å²) in [6, 6.07) is 8.25. The van der Waals surface area contributed by atoms with Crippen molar-refractivity contribution < 1.29 is 14.3 Å². The van der Waals surface area contributed by atoms with Crippen LogP contribution >= 0.6 is 34.8 Å². The Hall–Kier alpha value is -1.86. The van der Waals surface area contributed by atoms with Gasteiger partial charge in [0.1, 0.15) is 0 Å². The number of benzene rings is 1. The predicted octanol–water partition coefficient (Wildman–Crippen LogP) is 4.05. The quantitative estimate of drug-likeness (QED) is 0.512. The number of aromatic nitrogens is 1.